The number of para-hydroxylation sites is 1. The number of fused-ring (bicyclic) bond motifs is 1. The number of halogens is 6. The summed E-state index contributed by atoms with van der Waals surface area (Å²) in [5.74, 6) is -4.66. The summed E-state index contributed by atoms with van der Waals surface area (Å²) < 4.78 is 69.0. The number of hydrogen-bond donors (Lipinski definition) is 3. The van der Waals surface area contributed by atoms with E-state index in [-0.39, 0.29) is 0 Å². The van der Waals surface area contributed by atoms with E-state index in [2.05, 4.69) is 50.3 Å². The maximum atomic E-state index is 10.6. The van der Waals surface area contributed by atoms with Crippen molar-refractivity contribution in [2.75, 3.05) is 24.5 Å². The normalized spacial score (nSPS) is 17.4. The number of furan rings is 1. The topological polar surface area (TPSA) is 123 Å². The van der Waals surface area contributed by atoms with E-state index in [0.717, 1.165) is 44.1 Å². The first-order chi connectivity index (χ1) is 18.3. The van der Waals surface area contributed by atoms with Crippen LogP contribution in [0.15, 0.2) is 53.1 Å². The van der Waals surface area contributed by atoms with Gasteiger partial charge < -0.3 is 19.5 Å². The summed E-state index contributed by atoms with van der Waals surface area (Å²) in [5.41, 5.74) is 4.88. The van der Waals surface area contributed by atoms with Crippen LogP contribution in [0.1, 0.15) is 17.7 Å². The first-order valence-corrected chi connectivity index (χ1v) is 11.5. The second-order valence-corrected chi connectivity index (χ2v) is 8.56. The van der Waals surface area contributed by atoms with Crippen LogP contribution in [-0.4, -0.2) is 75.3 Å². The number of carbonyl (C=O) groups is 2. The number of aromatic amines is 1. The van der Waals surface area contributed by atoms with Gasteiger partial charge in [0.15, 0.2) is 5.76 Å². The second-order valence-electron chi connectivity index (χ2n) is 8.56. The van der Waals surface area contributed by atoms with E-state index >= 15 is 0 Å². The Morgan fingerprint density at radius 3 is 2.10 bits per heavy atom. The molecule has 1 saturated heterocycles. The number of benzene rings is 1. The van der Waals surface area contributed by atoms with Crippen molar-refractivity contribution < 1.29 is 50.6 Å². The minimum Gasteiger partial charge on any atom is -0.475 e. The van der Waals surface area contributed by atoms with Crippen molar-refractivity contribution in [2.24, 2.45) is 0 Å². The number of H-pyrrole nitrogens is 1. The standard InChI is InChI=1S/C20H22N4O.2C2HF3O2/c1-2-5-15(6-3-1)23-10-8-16(13-23)24-11-9-18-17(14-24)20(22-21-18)19-7-4-12-25-19;2*3-2(4,5)1(6)7/h1-7,12,16H,8-11,13-14H2,(H,21,22);2*(H,6,7). The van der Waals surface area contributed by atoms with Gasteiger partial charge in [-0.2, -0.15) is 31.4 Å². The number of rotatable bonds is 3. The number of nitrogens with zero attached hydrogens (tertiary/aromatic N) is 3. The van der Waals surface area contributed by atoms with Crippen LogP contribution in [0, 0.1) is 0 Å². The van der Waals surface area contributed by atoms with Crippen molar-refractivity contribution in [3.05, 3.63) is 60.0 Å². The Morgan fingerprint density at radius 1 is 0.949 bits per heavy atom. The predicted molar refractivity (Wildman–Crippen MR) is 125 cm³/mol. The molecule has 2 aliphatic heterocycles. The Morgan fingerprint density at radius 2 is 1.56 bits per heavy atom. The van der Waals surface area contributed by atoms with Gasteiger partial charge in [-0.3, -0.25) is 10.00 Å². The van der Waals surface area contributed by atoms with Crippen molar-refractivity contribution in [3.63, 3.8) is 0 Å². The third-order valence-corrected chi connectivity index (χ3v) is 6.00. The number of carboxylic acid groups (broad SMARTS) is 2. The molecule has 1 aromatic carbocycles. The number of nitrogens with one attached hydrogen (secondary N) is 1. The summed E-state index contributed by atoms with van der Waals surface area (Å²) >= 11 is 0. The molecule has 0 radical (unpaired) electrons. The third kappa shape index (κ3) is 7.99. The van der Waals surface area contributed by atoms with E-state index in [0.29, 0.717) is 6.04 Å². The molecule has 1 atom stereocenters. The highest BCUT2D eigenvalue weighted by Crippen LogP contribution is 2.31. The first-order valence-electron chi connectivity index (χ1n) is 11.5. The summed E-state index contributed by atoms with van der Waals surface area (Å²) in [5, 5.41) is 22.0. The zero-order valence-electron chi connectivity index (χ0n) is 20.2. The molecule has 3 aromatic rings. The van der Waals surface area contributed by atoms with Gasteiger partial charge in [0.1, 0.15) is 5.69 Å². The highest BCUT2D eigenvalue weighted by molar-refractivity contribution is 5.73. The number of carboxylic acids is 2. The molecule has 5 rings (SSSR count). The number of anilines is 1. The summed E-state index contributed by atoms with van der Waals surface area (Å²) in [6, 6.07) is 15.3. The molecule has 2 aromatic heterocycles. The van der Waals surface area contributed by atoms with Crippen LogP contribution in [0.2, 0.25) is 0 Å². The van der Waals surface area contributed by atoms with Crippen molar-refractivity contribution in [1.82, 2.24) is 15.1 Å². The largest absolute Gasteiger partial charge is 0.490 e. The van der Waals surface area contributed by atoms with Gasteiger partial charge in [0.05, 0.1) is 6.26 Å². The van der Waals surface area contributed by atoms with Crippen LogP contribution in [0.25, 0.3) is 11.5 Å². The molecule has 3 N–H and O–H groups in total. The van der Waals surface area contributed by atoms with Crippen molar-refractivity contribution in [3.8, 4) is 11.5 Å². The molecule has 0 aliphatic carbocycles. The van der Waals surface area contributed by atoms with Crippen LogP contribution < -0.4 is 4.90 Å². The maximum absolute atomic E-state index is 10.6. The lowest BCUT2D eigenvalue weighted by Crippen LogP contribution is -2.40. The first kappa shape index (κ1) is 29.5. The minimum atomic E-state index is -5.08. The van der Waals surface area contributed by atoms with E-state index in [9.17, 15) is 26.3 Å². The summed E-state index contributed by atoms with van der Waals surface area (Å²) in [6.45, 7) is 4.29. The quantitative estimate of drug-likeness (QED) is 0.397. The molecule has 1 fully saturated rings. The predicted octanol–water partition coefficient (Wildman–Crippen LogP) is 4.57. The van der Waals surface area contributed by atoms with Crippen LogP contribution in [0.3, 0.4) is 0 Å². The lowest BCUT2D eigenvalue weighted by atomic mass is 10.0. The van der Waals surface area contributed by atoms with E-state index in [1.807, 2.05) is 12.1 Å². The Kier molecular flexibility index (Phi) is 9.27. The summed E-state index contributed by atoms with van der Waals surface area (Å²) in [6.07, 6.45) is -6.20. The molecule has 15 heteroatoms. The van der Waals surface area contributed by atoms with Crippen molar-refractivity contribution in [2.45, 2.75) is 37.8 Å². The smallest absolute Gasteiger partial charge is 0.475 e. The molecule has 39 heavy (non-hydrogen) atoms. The van der Waals surface area contributed by atoms with Crippen LogP contribution >= 0.6 is 0 Å². The molecule has 212 valence electrons. The fourth-order valence-electron chi connectivity index (χ4n) is 4.16. The monoisotopic (exact) mass is 562 g/mol. The van der Waals surface area contributed by atoms with Crippen LogP contribution in [0.5, 0.6) is 0 Å². The molecule has 9 nitrogen and oxygen atoms in total. The number of alkyl halides is 6. The second kappa shape index (κ2) is 12.2. The van der Waals surface area contributed by atoms with E-state index in [1.54, 1.807) is 6.26 Å². The molecular formula is C24H24F6N4O5. The number of aromatic nitrogens is 2. The van der Waals surface area contributed by atoms with E-state index in [1.165, 1.54) is 23.4 Å². The highest BCUT2D eigenvalue weighted by Gasteiger charge is 2.39. The van der Waals surface area contributed by atoms with E-state index in [4.69, 9.17) is 24.2 Å². The molecule has 0 bridgehead atoms. The molecule has 0 amide bonds. The Labute approximate surface area is 217 Å². The van der Waals surface area contributed by atoms with Crippen molar-refractivity contribution >= 4 is 17.6 Å². The minimum absolute atomic E-state index is 0.604. The van der Waals surface area contributed by atoms with Gasteiger partial charge in [-0.05, 0) is 30.7 Å². The van der Waals surface area contributed by atoms with Crippen LogP contribution in [-0.2, 0) is 22.6 Å². The lowest BCUT2D eigenvalue weighted by molar-refractivity contribution is -0.193. The molecule has 0 saturated carbocycles. The average Bonchev–Trinajstić information content (AvgIpc) is 3.64. The average molecular weight is 562 g/mol. The lowest BCUT2D eigenvalue weighted by Gasteiger charge is -2.32. The zero-order chi connectivity index (χ0) is 28.8. The third-order valence-electron chi connectivity index (χ3n) is 6.00. The van der Waals surface area contributed by atoms with Gasteiger partial charge in [-0.15, -0.1) is 0 Å². The van der Waals surface area contributed by atoms with Gasteiger partial charge >= 0.3 is 24.3 Å². The number of hydrogen-bond acceptors (Lipinski definition) is 6. The molecule has 1 unspecified atom stereocenters. The Balaban J connectivity index is 0.000000251. The number of aliphatic carboxylic acids is 2. The zero-order valence-corrected chi connectivity index (χ0v) is 20.2. The highest BCUT2D eigenvalue weighted by atomic mass is 19.4. The molecule has 2 aliphatic rings. The van der Waals surface area contributed by atoms with Gasteiger partial charge in [0, 0.05) is 55.6 Å². The van der Waals surface area contributed by atoms with Gasteiger partial charge in [-0.25, -0.2) is 9.59 Å². The Bertz CT molecular complexity index is 1200. The fourth-order valence-corrected chi connectivity index (χ4v) is 4.16. The van der Waals surface area contributed by atoms with Gasteiger partial charge in [-0.1, -0.05) is 18.2 Å². The SMILES string of the molecule is O=C(O)C(F)(F)F.O=C(O)C(F)(F)F.c1ccc(N2CCC(N3CCc4[nH]nc(-c5ccco5)c4C3)C2)cc1. The maximum Gasteiger partial charge on any atom is 0.490 e. The fraction of sp³-hybridized carbons (Fsp3) is 0.375. The van der Waals surface area contributed by atoms with Gasteiger partial charge in [0.25, 0.3) is 0 Å². The molecule has 0 spiro atoms. The molecule has 4 heterocycles. The molecular weight excluding hydrogens is 538 g/mol. The van der Waals surface area contributed by atoms with Crippen molar-refractivity contribution in [1.29, 1.82) is 0 Å². The van der Waals surface area contributed by atoms with E-state index < -0.39 is 24.3 Å². The van der Waals surface area contributed by atoms with Crippen LogP contribution in [0.4, 0.5) is 32.0 Å². The summed E-state index contributed by atoms with van der Waals surface area (Å²) in [4.78, 5) is 22.9. The Hall–Kier alpha value is -4.01. The summed E-state index contributed by atoms with van der Waals surface area (Å²) in [7, 11) is 0. The van der Waals surface area contributed by atoms with Gasteiger partial charge in [0.2, 0.25) is 0 Å².